The number of nitrogens with zero attached hydrogens (tertiary/aromatic N) is 4. The lowest BCUT2D eigenvalue weighted by Gasteiger charge is -2.14. The van der Waals surface area contributed by atoms with Crippen molar-refractivity contribution in [3.8, 4) is 17.0 Å². The highest BCUT2D eigenvalue weighted by Crippen LogP contribution is 2.24. The van der Waals surface area contributed by atoms with Crippen molar-refractivity contribution in [3.63, 3.8) is 0 Å². The van der Waals surface area contributed by atoms with E-state index in [4.69, 9.17) is 9.26 Å². The highest BCUT2D eigenvalue weighted by Gasteiger charge is 2.20. The number of amides is 1. The molecule has 130 valence electrons. The zero-order valence-electron chi connectivity index (χ0n) is 14.3. The Labute approximate surface area is 144 Å². The molecule has 0 radical (unpaired) electrons. The van der Waals surface area contributed by atoms with E-state index < -0.39 is 0 Å². The second kappa shape index (κ2) is 7.16. The summed E-state index contributed by atoms with van der Waals surface area (Å²) in [5, 5.41) is 10.7. The number of hydrogen-bond donors (Lipinski definition) is 1. The molecule has 1 aromatic carbocycles. The smallest absolute Gasteiger partial charge is 0.257 e. The van der Waals surface area contributed by atoms with E-state index in [9.17, 15) is 4.79 Å². The molecule has 2 heterocycles. The van der Waals surface area contributed by atoms with Gasteiger partial charge < -0.3 is 14.2 Å². The van der Waals surface area contributed by atoms with E-state index in [-0.39, 0.29) is 12.5 Å². The van der Waals surface area contributed by atoms with Gasteiger partial charge in [0.25, 0.3) is 5.91 Å². The monoisotopic (exact) mass is 341 g/mol. The standard InChI is InChI=1S/C17H19N5O3/c1-4-14-19-15(25-21-14)10-22(2)17(23)13-9-18-20-16(13)11-5-7-12(24-3)8-6-11/h5-9H,4,10H2,1-3H3,(H,18,20). The predicted molar refractivity (Wildman–Crippen MR) is 90.0 cm³/mol. The Hall–Kier alpha value is -3.16. The molecule has 0 spiro atoms. The number of H-pyrrole nitrogens is 1. The number of methoxy groups -OCH3 is 1. The molecule has 25 heavy (non-hydrogen) atoms. The first-order valence-corrected chi connectivity index (χ1v) is 7.87. The first kappa shape index (κ1) is 16.7. The molecule has 0 saturated carbocycles. The van der Waals surface area contributed by atoms with E-state index in [1.807, 2.05) is 31.2 Å². The molecule has 0 saturated heterocycles. The summed E-state index contributed by atoms with van der Waals surface area (Å²) >= 11 is 0. The van der Waals surface area contributed by atoms with E-state index in [2.05, 4.69) is 20.3 Å². The van der Waals surface area contributed by atoms with E-state index in [1.54, 1.807) is 14.2 Å². The van der Waals surface area contributed by atoms with Gasteiger partial charge >= 0.3 is 0 Å². The topological polar surface area (TPSA) is 97.1 Å². The van der Waals surface area contributed by atoms with Crippen LogP contribution in [0.1, 0.15) is 29.0 Å². The molecule has 3 rings (SSSR count). The minimum Gasteiger partial charge on any atom is -0.497 e. The fraction of sp³-hybridized carbons (Fsp3) is 0.294. The number of rotatable bonds is 6. The number of nitrogens with one attached hydrogen (secondary N) is 1. The Balaban J connectivity index is 1.79. The second-order valence-electron chi connectivity index (χ2n) is 5.51. The maximum Gasteiger partial charge on any atom is 0.257 e. The van der Waals surface area contributed by atoms with Crippen molar-refractivity contribution in [1.82, 2.24) is 25.2 Å². The highest BCUT2D eigenvalue weighted by molar-refractivity contribution is 5.99. The average molecular weight is 341 g/mol. The highest BCUT2D eigenvalue weighted by atomic mass is 16.5. The van der Waals surface area contributed by atoms with Gasteiger partial charge in [0.1, 0.15) is 5.75 Å². The van der Waals surface area contributed by atoms with Crippen molar-refractivity contribution in [1.29, 1.82) is 0 Å². The molecular formula is C17H19N5O3. The molecule has 1 N–H and O–H groups in total. The third-order valence-corrected chi connectivity index (χ3v) is 3.79. The Morgan fingerprint density at radius 3 is 2.72 bits per heavy atom. The first-order valence-electron chi connectivity index (χ1n) is 7.87. The van der Waals surface area contributed by atoms with E-state index in [1.165, 1.54) is 11.1 Å². The fourth-order valence-corrected chi connectivity index (χ4v) is 2.40. The van der Waals surface area contributed by atoms with Crippen molar-refractivity contribution >= 4 is 5.91 Å². The molecular weight excluding hydrogens is 322 g/mol. The van der Waals surface area contributed by atoms with E-state index in [0.29, 0.717) is 29.4 Å². The number of aromatic nitrogens is 4. The molecule has 2 aromatic heterocycles. The lowest BCUT2D eigenvalue weighted by atomic mass is 10.1. The molecule has 0 atom stereocenters. The maximum atomic E-state index is 12.8. The number of aromatic amines is 1. The normalized spacial score (nSPS) is 10.7. The van der Waals surface area contributed by atoms with Gasteiger partial charge in [-0.1, -0.05) is 12.1 Å². The molecule has 8 heteroatoms. The van der Waals surface area contributed by atoms with Gasteiger partial charge in [0.2, 0.25) is 5.89 Å². The molecule has 0 aliphatic heterocycles. The zero-order valence-corrected chi connectivity index (χ0v) is 14.3. The Morgan fingerprint density at radius 1 is 1.32 bits per heavy atom. The Kier molecular flexibility index (Phi) is 4.78. The fourth-order valence-electron chi connectivity index (χ4n) is 2.40. The minimum absolute atomic E-state index is 0.184. The lowest BCUT2D eigenvalue weighted by Crippen LogP contribution is -2.26. The van der Waals surface area contributed by atoms with Crippen LogP contribution in [0.3, 0.4) is 0 Å². The first-order chi connectivity index (χ1) is 12.1. The van der Waals surface area contributed by atoms with Crippen LogP contribution in [-0.4, -0.2) is 45.3 Å². The number of benzene rings is 1. The molecule has 8 nitrogen and oxygen atoms in total. The minimum atomic E-state index is -0.184. The largest absolute Gasteiger partial charge is 0.497 e. The van der Waals surface area contributed by atoms with Crippen molar-refractivity contribution in [2.75, 3.05) is 14.2 Å². The van der Waals surface area contributed by atoms with Gasteiger partial charge in [0.05, 0.1) is 31.1 Å². The molecule has 1 amide bonds. The van der Waals surface area contributed by atoms with Crippen molar-refractivity contribution in [3.05, 3.63) is 47.7 Å². The predicted octanol–water partition coefficient (Wildman–Crippen LogP) is 2.30. The lowest BCUT2D eigenvalue weighted by molar-refractivity contribution is 0.0770. The third kappa shape index (κ3) is 3.52. The maximum absolute atomic E-state index is 12.8. The van der Waals surface area contributed by atoms with Crippen molar-refractivity contribution in [2.45, 2.75) is 19.9 Å². The van der Waals surface area contributed by atoms with Gasteiger partial charge in [-0.25, -0.2) is 0 Å². The summed E-state index contributed by atoms with van der Waals surface area (Å²) in [7, 11) is 3.29. The SMILES string of the molecule is CCc1noc(CN(C)C(=O)c2cn[nH]c2-c2ccc(OC)cc2)n1. The van der Waals surface area contributed by atoms with Gasteiger partial charge in [0.15, 0.2) is 5.82 Å². The van der Waals surface area contributed by atoms with Crippen LogP contribution in [0.4, 0.5) is 0 Å². The van der Waals surface area contributed by atoms with Gasteiger partial charge in [-0.2, -0.15) is 10.1 Å². The summed E-state index contributed by atoms with van der Waals surface area (Å²) in [6.07, 6.45) is 2.20. The summed E-state index contributed by atoms with van der Waals surface area (Å²) in [4.78, 5) is 18.5. The summed E-state index contributed by atoms with van der Waals surface area (Å²) in [5.41, 5.74) is 1.98. The Bertz CT molecular complexity index is 853. The molecule has 0 fully saturated rings. The second-order valence-corrected chi connectivity index (χ2v) is 5.51. The van der Waals surface area contributed by atoms with Crippen LogP contribution >= 0.6 is 0 Å². The molecule has 0 bridgehead atoms. The van der Waals surface area contributed by atoms with Gasteiger partial charge in [-0.05, 0) is 24.3 Å². The van der Waals surface area contributed by atoms with Gasteiger partial charge in [-0.15, -0.1) is 0 Å². The third-order valence-electron chi connectivity index (χ3n) is 3.79. The molecule has 3 aromatic rings. The average Bonchev–Trinajstić information content (AvgIpc) is 3.30. The van der Waals surface area contributed by atoms with Crippen LogP contribution in [0.5, 0.6) is 5.75 Å². The molecule has 0 unspecified atom stereocenters. The van der Waals surface area contributed by atoms with Gasteiger partial charge in [-0.3, -0.25) is 9.89 Å². The number of aryl methyl sites for hydroxylation is 1. The van der Waals surface area contributed by atoms with Crippen molar-refractivity contribution < 1.29 is 14.1 Å². The number of hydrogen-bond acceptors (Lipinski definition) is 6. The Morgan fingerprint density at radius 2 is 2.08 bits per heavy atom. The van der Waals surface area contributed by atoms with Crippen LogP contribution in [0.25, 0.3) is 11.3 Å². The van der Waals surface area contributed by atoms with Crippen LogP contribution in [0.15, 0.2) is 35.0 Å². The molecule has 0 aliphatic rings. The van der Waals surface area contributed by atoms with Crippen molar-refractivity contribution in [2.24, 2.45) is 0 Å². The molecule has 0 aliphatic carbocycles. The van der Waals surface area contributed by atoms with E-state index in [0.717, 1.165) is 11.3 Å². The number of carbonyl (C=O) groups is 1. The van der Waals surface area contributed by atoms with Crippen LogP contribution in [0, 0.1) is 0 Å². The summed E-state index contributed by atoms with van der Waals surface area (Å²) in [6.45, 7) is 2.18. The van der Waals surface area contributed by atoms with Gasteiger partial charge in [0, 0.05) is 19.0 Å². The van der Waals surface area contributed by atoms with Crippen LogP contribution < -0.4 is 4.74 Å². The summed E-state index contributed by atoms with van der Waals surface area (Å²) in [6, 6.07) is 7.40. The number of carbonyl (C=O) groups excluding carboxylic acids is 1. The zero-order chi connectivity index (χ0) is 17.8. The van der Waals surface area contributed by atoms with Crippen LogP contribution in [-0.2, 0) is 13.0 Å². The van der Waals surface area contributed by atoms with Crippen LogP contribution in [0.2, 0.25) is 0 Å². The summed E-state index contributed by atoms with van der Waals surface area (Å²) < 4.78 is 10.3. The van der Waals surface area contributed by atoms with E-state index >= 15 is 0 Å². The number of ether oxygens (including phenoxy) is 1. The quantitative estimate of drug-likeness (QED) is 0.739. The summed E-state index contributed by atoms with van der Waals surface area (Å²) in [5.74, 6) is 1.59.